The molecule has 0 bridgehead atoms. The second-order valence-electron chi connectivity index (χ2n) is 7.86. The Bertz CT molecular complexity index is 1280. The van der Waals surface area contributed by atoms with Crippen LogP contribution in [0.15, 0.2) is 22.7 Å². The minimum absolute atomic E-state index is 0.0454. The van der Waals surface area contributed by atoms with E-state index >= 15 is 0 Å². The van der Waals surface area contributed by atoms with E-state index in [9.17, 15) is 18.8 Å². The van der Waals surface area contributed by atoms with Gasteiger partial charge in [0.1, 0.15) is 17.6 Å². The molecule has 2 amide bonds. The average molecular weight is 474 g/mol. The largest absolute Gasteiger partial charge is 0.340 e. The van der Waals surface area contributed by atoms with E-state index in [0.717, 1.165) is 0 Å². The third kappa shape index (κ3) is 4.25. The van der Waals surface area contributed by atoms with Crippen molar-refractivity contribution in [3.05, 3.63) is 63.3 Å². The molecule has 1 atom stereocenters. The zero-order chi connectivity index (χ0) is 23.9. The quantitative estimate of drug-likeness (QED) is 0.417. The van der Waals surface area contributed by atoms with Crippen LogP contribution in [0, 0.1) is 19.7 Å². The van der Waals surface area contributed by atoms with E-state index in [2.05, 4.69) is 20.8 Å². The summed E-state index contributed by atoms with van der Waals surface area (Å²) in [4.78, 5) is 42.7. The van der Waals surface area contributed by atoms with Crippen LogP contribution in [0.1, 0.15) is 63.2 Å². The number of rotatable bonds is 6. The summed E-state index contributed by atoms with van der Waals surface area (Å²) >= 11 is 6.48. The number of carbonyl (C=O) groups excluding carboxylic acids is 3. The Hall–Kier alpha value is -3.53. The lowest BCUT2D eigenvalue weighted by Crippen LogP contribution is -2.34. The summed E-state index contributed by atoms with van der Waals surface area (Å²) in [5, 5.41) is 8.78. The van der Waals surface area contributed by atoms with E-state index in [0.29, 0.717) is 42.2 Å². The van der Waals surface area contributed by atoms with Gasteiger partial charge in [-0.05, 0) is 57.4 Å². The van der Waals surface area contributed by atoms with Crippen molar-refractivity contribution in [3.63, 3.8) is 0 Å². The smallest absolute Gasteiger partial charge is 0.294 e. The van der Waals surface area contributed by atoms with Crippen LogP contribution in [0.5, 0.6) is 0 Å². The summed E-state index contributed by atoms with van der Waals surface area (Å²) in [6.07, 6.45) is 1.22. The molecule has 4 rings (SSSR count). The molecule has 1 aliphatic heterocycles. The predicted molar refractivity (Wildman–Crippen MR) is 117 cm³/mol. The van der Waals surface area contributed by atoms with Crippen LogP contribution < -0.4 is 10.6 Å². The van der Waals surface area contributed by atoms with Gasteiger partial charge in [-0.2, -0.15) is 4.98 Å². The number of anilines is 1. The Labute approximate surface area is 193 Å². The fraction of sp³-hybridized carbons (Fsp3) is 0.318. The summed E-state index contributed by atoms with van der Waals surface area (Å²) in [6, 6.07) is 3.49. The highest BCUT2D eigenvalue weighted by molar-refractivity contribution is 6.48. The molecule has 0 aliphatic carbocycles. The van der Waals surface area contributed by atoms with E-state index in [1.807, 2.05) is 0 Å². The first-order valence-electron chi connectivity index (χ1n) is 10.3. The second-order valence-corrected chi connectivity index (χ2v) is 8.24. The minimum atomic E-state index is -0.909. The molecule has 3 aromatic rings. The van der Waals surface area contributed by atoms with Crippen molar-refractivity contribution in [1.82, 2.24) is 20.0 Å². The van der Waals surface area contributed by atoms with E-state index in [1.165, 1.54) is 18.2 Å². The van der Waals surface area contributed by atoms with E-state index < -0.39 is 23.6 Å². The maximum absolute atomic E-state index is 13.5. The number of fused-ring (bicyclic) bond motifs is 1. The highest BCUT2D eigenvalue weighted by Gasteiger charge is 2.35. The zero-order valence-electron chi connectivity index (χ0n) is 18.2. The molecule has 3 heterocycles. The standard InChI is InChI=1S/C22H21ClFN5O4/c1-10-9-13(6-7-14(10)24)27-20(31)16-15-5-4-8-29(15)18(17(16)23)19(30)21(32)25-11(2)22-26-12(3)28-33-22/h6-7,9,11H,4-5,8H2,1-3H3,(H,25,32)(H,27,31). The Morgan fingerprint density at radius 3 is 2.70 bits per heavy atom. The third-order valence-electron chi connectivity index (χ3n) is 5.43. The summed E-state index contributed by atoms with van der Waals surface area (Å²) in [7, 11) is 0. The molecule has 11 heteroatoms. The monoisotopic (exact) mass is 473 g/mol. The van der Waals surface area contributed by atoms with Crippen LogP contribution in [-0.2, 0) is 17.8 Å². The number of halogens is 2. The molecule has 33 heavy (non-hydrogen) atoms. The molecule has 0 spiro atoms. The van der Waals surface area contributed by atoms with Crippen molar-refractivity contribution >= 4 is 34.9 Å². The molecule has 0 saturated carbocycles. The van der Waals surface area contributed by atoms with E-state index in [4.69, 9.17) is 16.1 Å². The maximum atomic E-state index is 13.5. The molecule has 172 valence electrons. The first-order valence-corrected chi connectivity index (χ1v) is 10.7. The first-order chi connectivity index (χ1) is 15.7. The Kier molecular flexibility index (Phi) is 6.03. The molecule has 1 aromatic carbocycles. The highest BCUT2D eigenvalue weighted by atomic mass is 35.5. The van der Waals surface area contributed by atoms with Crippen LogP contribution in [0.4, 0.5) is 10.1 Å². The third-order valence-corrected chi connectivity index (χ3v) is 5.80. The van der Waals surface area contributed by atoms with Gasteiger partial charge in [-0.1, -0.05) is 16.8 Å². The van der Waals surface area contributed by atoms with Gasteiger partial charge in [-0.3, -0.25) is 14.4 Å². The molecule has 2 aromatic heterocycles. The number of amides is 2. The van der Waals surface area contributed by atoms with Crippen LogP contribution >= 0.6 is 11.6 Å². The maximum Gasteiger partial charge on any atom is 0.294 e. The van der Waals surface area contributed by atoms with Gasteiger partial charge < -0.3 is 19.7 Å². The molecule has 0 radical (unpaired) electrons. The SMILES string of the molecule is Cc1noc(C(C)NC(=O)C(=O)c2c(Cl)c(C(=O)Nc3ccc(F)c(C)c3)c3n2CCC3)n1. The highest BCUT2D eigenvalue weighted by Crippen LogP contribution is 2.34. The molecular weight excluding hydrogens is 453 g/mol. The van der Waals surface area contributed by atoms with Crippen molar-refractivity contribution in [2.75, 3.05) is 5.32 Å². The number of aromatic nitrogens is 3. The molecule has 0 saturated heterocycles. The topological polar surface area (TPSA) is 119 Å². The van der Waals surface area contributed by atoms with Crippen molar-refractivity contribution in [2.45, 2.75) is 46.2 Å². The summed E-state index contributed by atoms with van der Waals surface area (Å²) in [5.74, 6) is -2.14. The lowest BCUT2D eigenvalue weighted by atomic mass is 10.1. The van der Waals surface area contributed by atoms with E-state index in [1.54, 1.807) is 25.3 Å². The van der Waals surface area contributed by atoms with Gasteiger partial charge in [0.25, 0.3) is 17.6 Å². The van der Waals surface area contributed by atoms with Crippen LogP contribution in [0.3, 0.4) is 0 Å². The van der Waals surface area contributed by atoms with Crippen molar-refractivity contribution in [3.8, 4) is 0 Å². The Morgan fingerprint density at radius 2 is 2.03 bits per heavy atom. The van der Waals surface area contributed by atoms with Gasteiger partial charge in [-0.15, -0.1) is 0 Å². The molecule has 9 nitrogen and oxygen atoms in total. The molecule has 0 fully saturated rings. The Balaban J connectivity index is 1.60. The van der Waals surface area contributed by atoms with Crippen molar-refractivity contribution < 1.29 is 23.3 Å². The lowest BCUT2D eigenvalue weighted by Gasteiger charge is -2.10. The van der Waals surface area contributed by atoms with Gasteiger partial charge in [0, 0.05) is 17.9 Å². The number of carbonyl (C=O) groups is 3. The summed E-state index contributed by atoms with van der Waals surface area (Å²) < 4.78 is 20.2. The number of aryl methyl sites for hydroxylation is 2. The normalized spacial score (nSPS) is 13.5. The van der Waals surface area contributed by atoms with Crippen LogP contribution in [0.25, 0.3) is 0 Å². The van der Waals surface area contributed by atoms with E-state index in [-0.39, 0.29) is 28.0 Å². The summed E-state index contributed by atoms with van der Waals surface area (Å²) in [5.41, 5.74) is 1.43. The summed E-state index contributed by atoms with van der Waals surface area (Å²) in [6.45, 7) is 5.27. The number of hydrogen-bond acceptors (Lipinski definition) is 6. The van der Waals surface area contributed by atoms with Gasteiger partial charge in [0.2, 0.25) is 5.89 Å². The molecular formula is C22H21ClFN5O4. The number of hydrogen-bond donors (Lipinski definition) is 2. The predicted octanol–water partition coefficient (Wildman–Crippen LogP) is 3.54. The second kappa shape index (κ2) is 8.78. The number of nitrogens with one attached hydrogen (secondary N) is 2. The van der Waals surface area contributed by atoms with Crippen LogP contribution in [-0.4, -0.2) is 32.3 Å². The average Bonchev–Trinajstić information content (AvgIpc) is 3.46. The lowest BCUT2D eigenvalue weighted by molar-refractivity contribution is -0.117. The van der Waals surface area contributed by atoms with Gasteiger partial charge in [0.05, 0.1) is 10.6 Å². The number of benzene rings is 1. The zero-order valence-corrected chi connectivity index (χ0v) is 18.9. The molecule has 1 unspecified atom stereocenters. The van der Waals surface area contributed by atoms with Crippen molar-refractivity contribution in [1.29, 1.82) is 0 Å². The number of ketones is 1. The minimum Gasteiger partial charge on any atom is -0.340 e. The van der Waals surface area contributed by atoms with Crippen molar-refractivity contribution in [2.24, 2.45) is 0 Å². The van der Waals surface area contributed by atoms with Gasteiger partial charge in [-0.25, -0.2) is 4.39 Å². The molecule has 2 N–H and O–H groups in total. The van der Waals surface area contributed by atoms with Gasteiger partial charge >= 0.3 is 0 Å². The van der Waals surface area contributed by atoms with Gasteiger partial charge in [0.15, 0.2) is 5.82 Å². The fourth-order valence-electron chi connectivity index (χ4n) is 3.83. The van der Waals surface area contributed by atoms with Crippen LogP contribution in [0.2, 0.25) is 5.02 Å². The number of Topliss-reactive ketones (excluding diaryl/α,β-unsaturated/α-hetero) is 1. The first kappa shape index (κ1) is 22.7. The number of nitrogens with zero attached hydrogens (tertiary/aromatic N) is 3. The Morgan fingerprint density at radius 1 is 1.27 bits per heavy atom. The molecule has 1 aliphatic rings. The fourth-order valence-corrected chi connectivity index (χ4v) is 4.22.